The highest BCUT2D eigenvalue weighted by molar-refractivity contribution is 7.12. The van der Waals surface area contributed by atoms with E-state index in [9.17, 15) is 0 Å². The maximum Gasteiger partial charge on any atom is 0.162 e. The number of hydrogen-bond acceptors (Lipinski definition) is 4. The molecule has 1 heterocycles. The van der Waals surface area contributed by atoms with Crippen molar-refractivity contribution in [3.63, 3.8) is 0 Å². The van der Waals surface area contributed by atoms with E-state index in [2.05, 4.69) is 32.0 Å². The van der Waals surface area contributed by atoms with Crippen molar-refractivity contribution in [1.82, 2.24) is 0 Å². The normalized spacial score (nSPS) is 13.8. The van der Waals surface area contributed by atoms with Crippen LogP contribution in [-0.4, -0.2) is 13.2 Å². The van der Waals surface area contributed by atoms with E-state index in [0.717, 1.165) is 22.8 Å². The summed E-state index contributed by atoms with van der Waals surface area (Å²) in [5, 5.41) is 0. The minimum absolute atomic E-state index is 0.0985. The number of rotatable bonds is 6. The van der Waals surface area contributed by atoms with Crippen LogP contribution in [0.2, 0.25) is 0 Å². The second kappa shape index (κ2) is 6.96. The molecule has 2 atom stereocenters. The molecule has 1 aromatic carbocycles. The molecular formula is C17H23NO2S. The van der Waals surface area contributed by atoms with Gasteiger partial charge in [0.1, 0.15) is 6.10 Å². The molecule has 1 aromatic heterocycles. The predicted octanol–water partition coefficient (Wildman–Crippen LogP) is 4.09. The molecule has 0 radical (unpaired) electrons. The summed E-state index contributed by atoms with van der Waals surface area (Å²) >= 11 is 1.72. The number of aryl methyl sites for hydroxylation is 2. The Balaban J connectivity index is 2.29. The Morgan fingerprint density at radius 1 is 1.19 bits per heavy atom. The topological polar surface area (TPSA) is 44.5 Å². The Kier molecular flexibility index (Phi) is 5.26. The van der Waals surface area contributed by atoms with Gasteiger partial charge in [-0.05, 0) is 50.1 Å². The van der Waals surface area contributed by atoms with E-state index in [4.69, 9.17) is 15.2 Å². The van der Waals surface area contributed by atoms with Crippen LogP contribution >= 0.6 is 11.3 Å². The molecule has 0 aliphatic heterocycles. The molecule has 2 rings (SSSR count). The van der Waals surface area contributed by atoms with Crippen LogP contribution in [0.15, 0.2) is 30.3 Å². The zero-order chi connectivity index (χ0) is 15.4. The largest absolute Gasteiger partial charge is 0.493 e. The van der Waals surface area contributed by atoms with Gasteiger partial charge in [0.2, 0.25) is 0 Å². The fourth-order valence-electron chi connectivity index (χ4n) is 2.20. The third-order valence-corrected chi connectivity index (χ3v) is 4.47. The Morgan fingerprint density at radius 2 is 1.95 bits per heavy atom. The van der Waals surface area contributed by atoms with Crippen molar-refractivity contribution < 1.29 is 9.47 Å². The highest BCUT2D eigenvalue weighted by Gasteiger charge is 2.21. The molecule has 0 aliphatic rings. The average Bonchev–Trinajstić information content (AvgIpc) is 2.90. The van der Waals surface area contributed by atoms with E-state index in [1.165, 1.54) is 10.4 Å². The first-order chi connectivity index (χ1) is 10.0. The zero-order valence-electron chi connectivity index (χ0n) is 13.1. The predicted molar refractivity (Wildman–Crippen MR) is 88.4 cm³/mol. The lowest BCUT2D eigenvalue weighted by molar-refractivity contribution is 0.176. The van der Waals surface area contributed by atoms with Crippen molar-refractivity contribution in [3.05, 3.63) is 45.6 Å². The highest BCUT2D eigenvalue weighted by atomic mass is 32.1. The maximum absolute atomic E-state index is 6.16. The molecule has 0 fully saturated rings. The summed E-state index contributed by atoms with van der Waals surface area (Å²) in [6.45, 7) is 6.17. The highest BCUT2D eigenvalue weighted by Crippen LogP contribution is 2.35. The third kappa shape index (κ3) is 3.77. The first kappa shape index (κ1) is 15.9. The van der Waals surface area contributed by atoms with Gasteiger partial charge < -0.3 is 15.2 Å². The van der Waals surface area contributed by atoms with E-state index in [1.807, 2.05) is 19.1 Å². The second-order valence-electron chi connectivity index (χ2n) is 5.18. The summed E-state index contributed by atoms with van der Waals surface area (Å²) in [4.78, 5) is 2.40. The molecule has 114 valence electrons. The zero-order valence-corrected chi connectivity index (χ0v) is 13.9. The minimum atomic E-state index is -0.162. The molecule has 0 saturated carbocycles. The van der Waals surface area contributed by atoms with Gasteiger partial charge in [-0.15, -0.1) is 11.3 Å². The molecule has 2 unspecified atom stereocenters. The van der Waals surface area contributed by atoms with Crippen molar-refractivity contribution in [1.29, 1.82) is 0 Å². The van der Waals surface area contributed by atoms with Crippen LogP contribution in [0, 0.1) is 6.92 Å². The number of hydrogen-bond donors (Lipinski definition) is 1. The first-order valence-electron chi connectivity index (χ1n) is 7.20. The Labute approximate surface area is 130 Å². The average molecular weight is 305 g/mol. The molecule has 2 N–H and O–H groups in total. The van der Waals surface area contributed by atoms with E-state index in [0.29, 0.717) is 0 Å². The van der Waals surface area contributed by atoms with Crippen molar-refractivity contribution in [2.24, 2.45) is 5.73 Å². The van der Waals surface area contributed by atoms with Gasteiger partial charge in [-0.2, -0.15) is 0 Å². The molecule has 4 heteroatoms. The van der Waals surface area contributed by atoms with Gasteiger partial charge in [-0.1, -0.05) is 13.0 Å². The van der Waals surface area contributed by atoms with Gasteiger partial charge in [-0.3, -0.25) is 0 Å². The van der Waals surface area contributed by atoms with Crippen molar-refractivity contribution in [3.8, 4) is 11.5 Å². The fourth-order valence-corrected chi connectivity index (χ4v) is 3.22. The number of thiophene rings is 1. The molecule has 0 aliphatic carbocycles. The van der Waals surface area contributed by atoms with E-state index in [-0.39, 0.29) is 12.1 Å². The first-order valence-corrected chi connectivity index (χ1v) is 8.02. The Morgan fingerprint density at radius 3 is 2.48 bits per heavy atom. The molecule has 0 spiro atoms. The summed E-state index contributed by atoms with van der Waals surface area (Å²) in [6, 6.07) is 10.1. The van der Waals surface area contributed by atoms with Gasteiger partial charge >= 0.3 is 0 Å². The lowest BCUT2D eigenvalue weighted by Crippen LogP contribution is -2.28. The van der Waals surface area contributed by atoms with Crippen LogP contribution in [-0.2, 0) is 6.42 Å². The van der Waals surface area contributed by atoms with E-state index < -0.39 is 0 Å². The quantitative estimate of drug-likeness (QED) is 0.874. The van der Waals surface area contributed by atoms with Gasteiger partial charge in [0.25, 0.3) is 0 Å². The van der Waals surface area contributed by atoms with Crippen molar-refractivity contribution in [2.75, 3.05) is 7.11 Å². The summed E-state index contributed by atoms with van der Waals surface area (Å²) in [5.74, 6) is 1.50. The Hall–Kier alpha value is -1.52. The van der Waals surface area contributed by atoms with Crippen LogP contribution < -0.4 is 15.2 Å². The molecule has 0 saturated heterocycles. The summed E-state index contributed by atoms with van der Waals surface area (Å²) in [5.41, 5.74) is 7.34. The minimum Gasteiger partial charge on any atom is -0.493 e. The van der Waals surface area contributed by atoms with Gasteiger partial charge in [0.15, 0.2) is 11.5 Å². The third-order valence-electron chi connectivity index (χ3n) is 3.41. The van der Waals surface area contributed by atoms with Gasteiger partial charge in [0.05, 0.1) is 7.11 Å². The molecule has 21 heavy (non-hydrogen) atoms. The standard InChI is InChI=1S/C17H23NO2S/c1-5-13-7-8-14(15(10-13)19-4)20-17(12(3)18)16-9-6-11(2)21-16/h6-10,12,17H,5,18H2,1-4H3. The van der Waals surface area contributed by atoms with Gasteiger partial charge in [-0.25, -0.2) is 0 Å². The van der Waals surface area contributed by atoms with Crippen molar-refractivity contribution in [2.45, 2.75) is 39.3 Å². The summed E-state index contributed by atoms with van der Waals surface area (Å²) in [7, 11) is 1.66. The lowest BCUT2D eigenvalue weighted by atomic mass is 10.1. The number of methoxy groups -OCH3 is 1. The van der Waals surface area contributed by atoms with Crippen LogP contribution in [0.25, 0.3) is 0 Å². The SMILES string of the molecule is CCc1ccc(OC(c2ccc(C)s2)C(C)N)c(OC)c1. The van der Waals surface area contributed by atoms with Crippen LogP contribution in [0.4, 0.5) is 0 Å². The number of benzene rings is 1. The molecule has 0 bridgehead atoms. The van der Waals surface area contributed by atoms with Crippen LogP contribution in [0.5, 0.6) is 11.5 Å². The molecule has 3 nitrogen and oxygen atoms in total. The van der Waals surface area contributed by atoms with Gasteiger partial charge in [0, 0.05) is 15.8 Å². The molecule has 2 aromatic rings. The molecule has 0 amide bonds. The molecular weight excluding hydrogens is 282 g/mol. The number of nitrogens with two attached hydrogens (primary N) is 1. The number of ether oxygens (including phenoxy) is 2. The fraction of sp³-hybridized carbons (Fsp3) is 0.412. The van der Waals surface area contributed by atoms with Crippen LogP contribution in [0.3, 0.4) is 0 Å². The Bertz CT molecular complexity index is 592. The van der Waals surface area contributed by atoms with E-state index in [1.54, 1.807) is 18.4 Å². The summed E-state index contributed by atoms with van der Waals surface area (Å²) < 4.78 is 11.6. The summed E-state index contributed by atoms with van der Waals surface area (Å²) in [6.07, 6.45) is 0.808. The van der Waals surface area contributed by atoms with Crippen LogP contribution in [0.1, 0.15) is 35.3 Å². The monoisotopic (exact) mass is 305 g/mol. The van der Waals surface area contributed by atoms with E-state index >= 15 is 0 Å². The van der Waals surface area contributed by atoms with Crippen molar-refractivity contribution >= 4 is 11.3 Å². The smallest absolute Gasteiger partial charge is 0.162 e. The lowest BCUT2D eigenvalue weighted by Gasteiger charge is -2.23. The second-order valence-corrected chi connectivity index (χ2v) is 6.50. The maximum atomic E-state index is 6.16.